The van der Waals surface area contributed by atoms with Crippen molar-refractivity contribution in [2.45, 2.75) is 6.54 Å². The van der Waals surface area contributed by atoms with Crippen molar-refractivity contribution in [3.63, 3.8) is 0 Å². The normalized spacial score (nSPS) is 10.1. The predicted octanol–water partition coefficient (Wildman–Crippen LogP) is 3.35. The fourth-order valence-corrected chi connectivity index (χ4v) is 2.31. The van der Waals surface area contributed by atoms with Crippen LogP contribution >= 0.6 is 0 Å². The molecule has 0 fully saturated rings. The second-order valence-corrected chi connectivity index (χ2v) is 5.25. The summed E-state index contributed by atoms with van der Waals surface area (Å²) in [5, 5.41) is 5.91. The highest BCUT2D eigenvalue weighted by molar-refractivity contribution is 6.02. The molecule has 3 rings (SSSR count). The largest absolute Gasteiger partial charge is 0.496 e. The number of rotatable bonds is 6. The maximum atomic E-state index is 12.3. The van der Waals surface area contributed by atoms with Gasteiger partial charge in [-0.05, 0) is 24.3 Å². The molecule has 25 heavy (non-hydrogen) atoms. The molecule has 0 aliphatic carbocycles. The van der Waals surface area contributed by atoms with Crippen LogP contribution in [0.3, 0.4) is 0 Å². The number of nitrogens with zero attached hydrogens (tertiary/aromatic N) is 2. The summed E-state index contributed by atoms with van der Waals surface area (Å²) in [6.07, 6.45) is 1.55. The van der Waals surface area contributed by atoms with Gasteiger partial charge in [-0.25, -0.2) is 9.97 Å². The zero-order valence-corrected chi connectivity index (χ0v) is 13.8. The van der Waals surface area contributed by atoms with Crippen molar-refractivity contribution in [1.82, 2.24) is 9.97 Å². The Balaban J connectivity index is 1.68. The van der Waals surface area contributed by atoms with Gasteiger partial charge in [0.15, 0.2) is 0 Å². The number of amides is 1. The summed E-state index contributed by atoms with van der Waals surface area (Å²) in [7, 11) is 1.63. The molecular formula is C19H18N4O2. The Bertz CT molecular complexity index is 853. The Labute approximate surface area is 145 Å². The number of aromatic nitrogens is 2. The maximum Gasteiger partial charge on any atom is 0.274 e. The Morgan fingerprint density at radius 2 is 1.80 bits per heavy atom. The van der Waals surface area contributed by atoms with E-state index >= 15 is 0 Å². The minimum absolute atomic E-state index is 0.283. The molecule has 0 unspecified atom stereocenters. The lowest BCUT2D eigenvalue weighted by Crippen LogP contribution is -2.15. The molecule has 0 saturated heterocycles. The molecule has 6 heteroatoms. The van der Waals surface area contributed by atoms with Gasteiger partial charge in [0.25, 0.3) is 5.91 Å². The number of hydrogen-bond donors (Lipinski definition) is 2. The number of methoxy groups -OCH3 is 1. The first-order valence-corrected chi connectivity index (χ1v) is 7.81. The van der Waals surface area contributed by atoms with Crippen LogP contribution < -0.4 is 15.4 Å². The van der Waals surface area contributed by atoms with Gasteiger partial charge in [0.05, 0.1) is 7.11 Å². The third-order valence-electron chi connectivity index (χ3n) is 3.55. The van der Waals surface area contributed by atoms with Crippen LogP contribution in [0.1, 0.15) is 16.1 Å². The number of hydrogen-bond acceptors (Lipinski definition) is 5. The van der Waals surface area contributed by atoms with Crippen LogP contribution in [0.5, 0.6) is 5.75 Å². The number of benzene rings is 2. The summed E-state index contributed by atoms with van der Waals surface area (Å²) in [6.45, 7) is 0.494. The first-order valence-electron chi connectivity index (χ1n) is 7.81. The monoisotopic (exact) mass is 334 g/mol. The first-order chi connectivity index (χ1) is 12.3. The topological polar surface area (TPSA) is 76.1 Å². The minimum Gasteiger partial charge on any atom is -0.496 e. The van der Waals surface area contributed by atoms with Crippen LogP contribution in [0.25, 0.3) is 0 Å². The van der Waals surface area contributed by atoms with E-state index in [4.69, 9.17) is 4.74 Å². The smallest absolute Gasteiger partial charge is 0.274 e. The van der Waals surface area contributed by atoms with E-state index < -0.39 is 0 Å². The van der Waals surface area contributed by atoms with E-state index in [1.54, 1.807) is 19.4 Å². The van der Waals surface area contributed by atoms with Gasteiger partial charge >= 0.3 is 0 Å². The predicted molar refractivity (Wildman–Crippen MR) is 96.7 cm³/mol. The van der Waals surface area contributed by atoms with Crippen molar-refractivity contribution >= 4 is 17.5 Å². The van der Waals surface area contributed by atoms with Crippen LogP contribution in [-0.2, 0) is 6.54 Å². The van der Waals surface area contributed by atoms with E-state index in [9.17, 15) is 4.79 Å². The van der Waals surface area contributed by atoms with E-state index in [1.165, 1.54) is 0 Å². The molecule has 0 aliphatic heterocycles. The van der Waals surface area contributed by atoms with E-state index in [-0.39, 0.29) is 5.91 Å². The summed E-state index contributed by atoms with van der Waals surface area (Å²) >= 11 is 0. The molecule has 126 valence electrons. The summed E-state index contributed by atoms with van der Waals surface area (Å²) in [5.41, 5.74) is 1.99. The number of ether oxygens (including phenoxy) is 1. The number of carbonyl (C=O) groups excluding carboxylic acids is 1. The second kappa shape index (κ2) is 7.92. The quantitative estimate of drug-likeness (QED) is 0.723. The zero-order valence-electron chi connectivity index (χ0n) is 13.8. The SMILES string of the molecule is COc1ccccc1CNc1nccc(C(=O)Nc2ccccc2)n1. The fraction of sp³-hybridized carbons (Fsp3) is 0.105. The van der Waals surface area contributed by atoms with E-state index in [0.29, 0.717) is 18.2 Å². The van der Waals surface area contributed by atoms with Gasteiger partial charge in [0.1, 0.15) is 11.4 Å². The van der Waals surface area contributed by atoms with Crippen molar-refractivity contribution < 1.29 is 9.53 Å². The van der Waals surface area contributed by atoms with Crippen LogP contribution in [0.2, 0.25) is 0 Å². The van der Waals surface area contributed by atoms with Crippen LogP contribution in [0.15, 0.2) is 66.9 Å². The molecule has 0 spiro atoms. The number of carbonyl (C=O) groups is 1. The van der Waals surface area contributed by atoms with Gasteiger partial charge in [-0.15, -0.1) is 0 Å². The molecule has 3 aromatic rings. The Morgan fingerprint density at radius 3 is 2.60 bits per heavy atom. The van der Waals surface area contributed by atoms with Crippen molar-refractivity contribution in [3.05, 3.63) is 78.1 Å². The fourth-order valence-electron chi connectivity index (χ4n) is 2.31. The van der Waals surface area contributed by atoms with Crippen molar-refractivity contribution in [3.8, 4) is 5.75 Å². The number of nitrogens with one attached hydrogen (secondary N) is 2. The highest BCUT2D eigenvalue weighted by atomic mass is 16.5. The van der Waals surface area contributed by atoms with E-state index in [0.717, 1.165) is 17.0 Å². The van der Waals surface area contributed by atoms with Gasteiger partial charge in [-0.1, -0.05) is 36.4 Å². The number of para-hydroxylation sites is 2. The highest BCUT2D eigenvalue weighted by Gasteiger charge is 2.09. The van der Waals surface area contributed by atoms with Crippen molar-refractivity contribution in [2.75, 3.05) is 17.7 Å². The van der Waals surface area contributed by atoms with Gasteiger partial charge in [-0.2, -0.15) is 0 Å². The highest BCUT2D eigenvalue weighted by Crippen LogP contribution is 2.18. The minimum atomic E-state index is -0.283. The second-order valence-electron chi connectivity index (χ2n) is 5.25. The van der Waals surface area contributed by atoms with Gasteiger partial charge in [0.2, 0.25) is 5.95 Å². The van der Waals surface area contributed by atoms with E-state index in [1.807, 2.05) is 54.6 Å². The molecule has 0 atom stereocenters. The molecule has 1 amide bonds. The maximum absolute atomic E-state index is 12.3. The third kappa shape index (κ3) is 4.32. The zero-order chi connectivity index (χ0) is 17.5. The van der Waals surface area contributed by atoms with Crippen LogP contribution in [0.4, 0.5) is 11.6 Å². The third-order valence-corrected chi connectivity index (χ3v) is 3.55. The lowest BCUT2D eigenvalue weighted by molar-refractivity contribution is 0.102. The Morgan fingerprint density at radius 1 is 1.04 bits per heavy atom. The molecule has 0 saturated carbocycles. The Kier molecular flexibility index (Phi) is 5.21. The van der Waals surface area contributed by atoms with Crippen molar-refractivity contribution in [1.29, 1.82) is 0 Å². The van der Waals surface area contributed by atoms with Gasteiger partial charge in [-0.3, -0.25) is 4.79 Å². The molecule has 2 aromatic carbocycles. The molecule has 1 aromatic heterocycles. The number of anilines is 2. The molecule has 2 N–H and O–H groups in total. The van der Waals surface area contributed by atoms with E-state index in [2.05, 4.69) is 20.6 Å². The van der Waals surface area contributed by atoms with Crippen LogP contribution in [-0.4, -0.2) is 23.0 Å². The summed E-state index contributed by atoms with van der Waals surface area (Å²) in [6, 6.07) is 18.5. The lowest BCUT2D eigenvalue weighted by Gasteiger charge is -2.10. The standard InChI is InChI=1S/C19H18N4O2/c1-25-17-10-6-5-7-14(17)13-21-19-20-12-11-16(23-19)18(24)22-15-8-3-2-4-9-15/h2-12H,13H2,1H3,(H,22,24)(H,20,21,23). The summed E-state index contributed by atoms with van der Waals surface area (Å²) < 4.78 is 5.32. The van der Waals surface area contributed by atoms with Crippen LogP contribution in [0, 0.1) is 0 Å². The van der Waals surface area contributed by atoms with Gasteiger partial charge < -0.3 is 15.4 Å². The Hall–Kier alpha value is -3.41. The molecular weight excluding hydrogens is 316 g/mol. The average molecular weight is 334 g/mol. The lowest BCUT2D eigenvalue weighted by atomic mass is 10.2. The molecule has 0 aliphatic rings. The molecule has 0 radical (unpaired) electrons. The molecule has 0 bridgehead atoms. The van der Waals surface area contributed by atoms with Crippen molar-refractivity contribution in [2.24, 2.45) is 0 Å². The average Bonchev–Trinajstić information content (AvgIpc) is 2.67. The molecule has 1 heterocycles. The summed E-state index contributed by atoms with van der Waals surface area (Å²) in [4.78, 5) is 20.7. The van der Waals surface area contributed by atoms with Gasteiger partial charge in [0, 0.05) is 24.0 Å². The first kappa shape index (κ1) is 16.4. The molecule has 6 nitrogen and oxygen atoms in total. The summed E-state index contributed by atoms with van der Waals surface area (Å²) in [5.74, 6) is 0.883.